The summed E-state index contributed by atoms with van der Waals surface area (Å²) >= 11 is 1.43. The molecule has 0 fully saturated rings. The molecule has 0 bridgehead atoms. The average Bonchev–Trinajstić information content (AvgIpc) is 2.76. The van der Waals surface area contributed by atoms with Crippen LogP contribution in [0.3, 0.4) is 0 Å². The molecule has 0 aromatic carbocycles. The van der Waals surface area contributed by atoms with Crippen molar-refractivity contribution in [2.45, 2.75) is 13.5 Å². The topological polar surface area (TPSA) is 73.8 Å². The van der Waals surface area contributed by atoms with E-state index >= 15 is 0 Å². The molecule has 3 aromatic heterocycles. The summed E-state index contributed by atoms with van der Waals surface area (Å²) < 4.78 is 2.24. The Morgan fingerprint density at radius 1 is 1.42 bits per heavy atom. The molecule has 0 atom stereocenters. The van der Waals surface area contributed by atoms with Gasteiger partial charge in [-0.05, 0) is 30.0 Å². The average molecular weight is 272 g/mol. The third-order valence-corrected chi connectivity index (χ3v) is 3.97. The standard InChI is InChI=1S/C13H12N4OS/c1-8-6-19-12-11(8)16-7-17(13(12)18)5-10-4-9(14)2-3-15-10/h2-4,6-7H,5H2,1H3,(H2,14,15). The monoisotopic (exact) mass is 272 g/mol. The van der Waals surface area contributed by atoms with Gasteiger partial charge in [0.05, 0.1) is 24.1 Å². The van der Waals surface area contributed by atoms with Crippen LogP contribution in [0.25, 0.3) is 10.2 Å². The molecule has 0 saturated carbocycles. The molecule has 0 unspecified atom stereocenters. The number of nitrogen functional groups attached to an aromatic ring is 1. The van der Waals surface area contributed by atoms with Crippen LogP contribution >= 0.6 is 11.3 Å². The summed E-state index contributed by atoms with van der Waals surface area (Å²) in [7, 11) is 0. The van der Waals surface area contributed by atoms with E-state index < -0.39 is 0 Å². The molecule has 3 aromatic rings. The van der Waals surface area contributed by atoms with Crippen LogP contribution < -0.4 is 11.3 Å². The molecule has 5 nitrogen and oxygen atoms in total. The number of nitrogens with zero attached hydrogens (tertiary/aromatic N) is 3. The van der Waals surface area contributed by atoms with Crippen LogP contribution in [0.1, 0.15) is 11.3 Å². The smallest absolute Gasteiger partial charge is 0.271 e. The number of hydrogen-bond donors (Lipinski definition) is 1. The minimum Gasteiger partial charge on any atom is -0.399 e. The van der Waals surface area contributed by atoms with Crippen LogP contribution in [0.4, 0.5) is 5.69 Å². The Hall–Kier alpha value is -2.21. The maximum Gasteiger partial charge on any atom is 0.271 e. The van der Waals surface area contributed by atoms with Crippen molar-refractivity contribution < 1.29 is 0 Å². The minimum atomic E-state index is -0.0349. The normalized spacial score (nSPS) is 11.0. The fraction of sp³-hybridized carbons (Fsp3) is 0.154. The Bertz CT molecular complexity index is 806. The number of aromatic nitrogens is 3. The Morgan fingerprint density at radius 2 is 2.26 bits per heavy atom. The summed E-state index contributed by atoms with van der Waals surface area (Å²) in [5.74, 6) is 0. The van der Waals surface area contributed by atoms with Crippen molar-refractivity contribution in [1.29, 1.82) is 0 Å². The van der Waals surface area contributed by atoms with Gasteiger partial charge in [-0.1, -0.05) is 0 Å². The van der Waals surface area contributed by atoms with E-state index in [2.05, 4.69) is 9.97 Å². The van der Waals surface area contributed by atoms with E-state index in [0.717, 1.165) is 16.8 Å². The van der Waals surface area contributed by atoms with Crippen molar-refractivity contribution in [1.82, 2.24) is 14.5 Å². The predicted molar refractivity (Wildman–Crippen MR) is 76.4 cm³/mol. The minimum absolute atomic E-state index is 0.0349. The number of nitrogens with two attached hydrogens (primary N) is 1. The molecule has 2 N–H and O–H groups in total. The van der Waals surface area contributed by atoms with Gasteiger partial charge in [0.25, 0.3) is 5.56 Å². The lowest BCUT2D eigenvalue weighted by atomic mass is 10.3. The molecule has 0 aliphatic heterocycles. The van der Waals surface area contributed by atoms with E-state index in [1.54, 1.807) is 29.2 Å². The summed E-state index contributed by atoms with van der Waals surface area (Å²) in [6.45, 7) is 2.33. The van der Waals surface area contributed by atoms with Gasteiger partial charge in [0, 0.05) is 11.9 Å². The third-order valence-electron chi connectivity index (χ3n) is 2.90. The summed E-state index contributed by atoms with van der Waals surface area (Å²) in [6.07, 6.45) is 3.20. The zero-order chi connectivity index (χ0) is 13.4. The number of hydrogen-bond acceptors (Lipinski definition) is 5. The second-order valence-corrected chi connectivity index (χ2v) is 5.23. The molecule has 19 heavy (non-hydrogen) atoms. The highest BCUT2D eigenvalue weighted by Gasteiger charge is 2.09. The molecule has 0 aliphatic carbocycles. The zero-order valence-corrected chi connectivity index (χ0v) is 11.1. The second kappa shape index (κ2) is 4.47. The van der Waals surface area contributed by atoms with Gasteiger partial charge in [-0.15, -0.1) is 11.3 Å². The van der Waals surface area contributed by atoms with Gasteiger partial charge in [-0.3, -0.25) is 14.3 Å². The molecule has 0 aliphatic rings. The number of thiophene rings is 1. The van der Waals surface area contributed by atoms with Crippen molar-refractivity contribution >= 4 is 27.2 Å². The van der Waals surface area contributed by atoms with Crippen LogP contribution in [0.15, 0.2) is 34.8 Å². The number of rotatable bonds is 2. The largest absolute Gasteiger partial charge is 0.399 e. The van der Waals surface area contributed by atoms with Crippen molar-refractivity contribution in [2.75, 3.05) is 5.73 Å². The molecular weight excluding hydrogens is 260 g/mol. The number of anilines is 1. The van der Waals surface area contributed by atoms with E-state index in [1.165, 1.54) is 11.3 Å². The molecular formula is C13H12N4OS. The number of aryl methyl sites for hydroxylation is 1. The maximum atomic E-state index is 12.3. The summed E-state index contributed by atoms with van der Waals surface area (Å²) in [5, 5.41) is 1.95. The Morgan fingerprint density at radius 3 is 3.05 bits per heavy atom. The first-order chi connectivity index (χ1) is 9.15. The van der Waals surface area contributed by atoms with Crippen molar-refractivity contribution in [3.8, 4) is 0 Å². The number of fused-ring (bicyclic) bond motifs is 1. The van der Waals surface area contributed by atoms with Crippen molar-refractivity contribution in [3.05, 3.63) is 51.6 Å². The van der Waals surface area contributed by atoms with Crippen LogP contribution in [0.5, 0.6) is 0 Å². The summed E-state index contributed by atoms with van der Waals surface area (Å²) in [6, 6.07) is 3.48. The maximum absolute atomic E-state index is 12.3. The van der Waals surface area contributed by atoms with E-state index in [1.807, 2.05) is 12.3 Å². The van der Waals surface area contributed by atoms with Crippen LogP contribution in [-0.2, 0) is 6.54 Å². The van der Waals surface area contributed by atoms with Gasteiger partial charge < -0.3 is 5.73 Å². The Balaban J connectivity index is 2.06. The molecule has 3 heterocycles. The van der Waals surface area contributed by atoms with E-state index in [0.29, 0.717) is 16.9 Å². The molecule has 3 rings (SSSR count). The van der Waals surface area contributed by atoms with Crippen molar-refractivity contribution in [3.63, 3.8) is 0 Å². The SMILES string of the molecule is Cc1csc2c(=O)n(Cc3cc(N)ccn3)cnc12. The van der Waals surface area contributed by atoms with Gasteiger partial charge in [0.15, 0.2) is 0 Å². The highest BCUT2D eigenvalue weighted by molar-refractivity contribution is 7.17. The van der Waals surface area contributed by atoms with Crippen molar-refractivity contribution in [2.24, 2.45) is 0 Å². The molecule has 0 radical (unpaired) electrons. The highest BCUT2D eigenvalue weighted by Crippen LogP contribution is 2.19. The first-order valence-corrected chi connectivity index (χ1v) is 6.67. The summed E-state index contributed by atoms with van der Waals surface area (Å²) in [4.78, 5) is 20.8. The van der Waals surface area contributed by atoms with Gasteiger partial charge in [0.2, 0.25) is 0 Å². The fourth-order valence-electron chi connectivity index (χ4n) is 1.93. The number of pyridine rings is 1. The Labute approximate surface area is 113 Å². The Kier molecular flexibility index (Phi) is 2.79. The van der Waals surface area contributed by atoms with E-state index in [-0.39, 0.29) is 5.56 Å². The summed E-state index contributed by atoms with van der Waals surface area (Å²) in [5.41, 5.74) is 8.87. The van der Waals surface area contributed by atoms with Crippen LogP contribution in [0.2, 0.25) is 0 Å². The van der Waals surface area contributed by atoms with E-state index in [4.69, 9.17) is 5.73 Å². The van der Waals surface area contributed by atoms with E-state index in [9.17, 15) is 4.79 Å². The first-order valence-electron chi connectivity index (χ1n) is 5.79. The predicted octanol–water partition coefficient (Wildman–Crippen LogP) is 1.79. The molecule has 0 amide bonds. The third kappa shape index (κ3) is 2.10. The highest BCUT2D eigenvalue weighted by atomic mass is 32.1. The molecule has 0 spiro atoms. The quantitative estimate of drug-likeness (QED) is 0.772. The lowest BCUT2D eigenvalue weighted by molar-refractivity contribution is 0.731. The lowest BCUT2D eigenvalue weighted by Gasteiger charge is -2.05. The van der Waals surface area contributed by atoms with Gasteiger partial charge in [-0.25, -0.2) is 4.98 Å². The zero-order valence-electron chi connectivity index (χ0n) is 10.3. The molecule has 6 heteroatoms. The second-order valence-electron chi connectivity index (χ2n) is 4.35. The van der Waals surface area contributed by atoms with Crippen LogP contribution in [-0.4, -0.2) is 14.5 Å². The van der Waals surface area contributed by atoms with Gasteiger partial charge in [-0.2, -0.15) is 0 Å². The fourth-order valence-corrected chi connectivity index (χ4v) is 2.88. The lowest BCUT2D eigenvalue weighted by Crippen LogP contribution is -2.20. The molecule has 96 valence electrons. The van der Waals surface area contributed by atoms with Gasteiger partial charge in [0.1, 0.15) is 4.70 Å². The van der Waals surface area contributed by atoms with Gasteiger partial charge >= 0.3 is 0 Å². The molecule has 0 saturated heterocycles. The first kappa shape index (κ1) is 11.9. The van der Waals surface area contributed by atoms with Crippen LogP contribution in [0, 0.1) is 6.92 Å².